The van der Waals surface area contributed by atoms with Gasteiger partial charge in [0.1, 0.15) is 23.2 Å². The fraction of sp³-hybridized carbons (Fsp3) is 0.519. The first-order valence-corrected chi connectivity index (χ1v) is 12.7. The smallest absolute Gasteiger partial charge is 0.408 e. The van der Waals surface area contributed by atoms with Crippen molar-refractivity contribution in [1.29, 1.82) is 0 Å². The van der Waals surface area contributed by atoms with E-state index in [1.165, 1.54) is 30.9 Å². The van der Waals surface area contributed by atoms with Gasteiger partial charge in [-0.1, -0.05) is 30.3 Å². The van der Waals surface area contributed by atoms with Crippen LogP contribution in [0.25, 0.3) is 0 Å². The van der Waals surface area contributed by atoms with Crippen molar-refractivity contribution >= 4 is 29.7 Å². The molecule has 214 valence electrons. The monoisotopic (exact) mass is 545 g/mol. The molecule has 12 nitrogen and oxygen atoms in total. The Morgan fingerprint density at radius 1 is 1.05 bits per heavy atom. The number of anilines is 1. The molecule has 0 aliphatic heterocycles. The highest BCUT2D eigenvalue weighted by molar-refractivity contribution is 5.98. The van der Waals surface area contributed by atoms with Gasteiger partial charge in [0.05, 0.1) is 26.1 Å². The Labute approximate surface area is 228 Å². The lowest BCUT2D eigenvalue weighted by Crippen LogP contribution is -2.59. The van der Waals surface area contributed by atoms with E-state index in [0.717, 1.165) is 5.56 Å². The Bertz CT molecular complexity index is 1130. The quantitative estimate of drug-likeness (QED) is 0.345. The molecule has 0 spiro atoms. The van der Waals surface area contributed by atoms with Crippen molar-refractivity contribution in [1.82, 2.24) is 20.2 Å². The number of hydrogen-bond donors (Lipinski definition) is 3. The number of imidazole rings is 1. The third kappa shape index (κ3) is 10.4. The zero-order valence-corrected chi connectivity index (χ0v) is 23.6. The Hall–Kier alpha value is -3.93. The highest BCUT2D eigenvalue weighted by Crippen LogP contribution is 2.14. The molecule has 0 fully saturated rings. The third-order valence-electron chi connectivity index (χ3n) is 5.33. The number of alkyl carbamates (subject to hydrolysis) is 1. The summed E-state index contributed by atoms with van der Waals surface area (Å²) in [7, 11) is 0. The first-order chi connectivity index (χ1) is 18.2. The van der Waals surface area contributed by atoms with E-state index in [0.29, 0.717) is 0 Å². The molecule has 3 N–H and O–H groups in total. The Morgan fingerprint density at radius 2 is 1.72 bits per heavy atom. The average molecular weight is 546 g/mol. The lowest BCUT2D eigenvalue weighted by Gasteiger charge is -2.29. The molecule has 2 rings (SSSR count). The van der Waals surface area contributed by atoms with Crippen LogP contribution in [0, 0.1) is 0 Å². The van der Waals surface area contributed by atoms with Gasteiger partial charge < -0.3 is 34.7 Å². The van der Waals surface area contributed by atoms with Crippen LogP contribution in [-0.2, 0) is 35.2 Å². The fourth-order valence-electron chi connectivity index (χ4n) is 3.22. The van der Waals surface area contributed by atoms with E-state index >= 15 is 0 Å². The average Bonchev–Trinajstić information content (AvgIpc) is 3.30. The third-order valence-corrected chi connectivity index (χ3v) is 5.33. The van der Waals surface area contributed by atoms with Gasteiger partial charge in [-0.05, 0) is 54.0 Å². The number of esters is 1. The van der Waals surface area contributed by atoms with Crippen molar-refractivity contribution < 1.29 is 33.4 Å². The van der Waals surface area contributed by atoms with Crippen molar-refractivity contribution in [3.05, 3.63) is 48.4 Å². The SMILES string of the molecule is CCOC(=O)C(C)n1cnc(NC(=O)[C@@H](COCc2ccccc2)NC(=O)C(C)(C)NC(=O)OC(C)(C)C)c1. The van der Waals surface area contributed by atoms with Gasteiger partial charge >= 0.3 is 12.1 Å². The molecule has 0 radical (unpaired) electrons. The van der Waals surface area contributed by atoms with Gasteiger partial charge in [-0.2, -0.15) is 0 Å². The summed E-state index contributed by atoms with van der Waals surface area (Å²) in [5, 5.41) is 7.80. The highest BCUT2D eigenvalue weighted by atomic mass is 16.6. The number of rotatable bonds is 12. The lowest BCUT2D eigenvalue weighted by atomic mass is 10.0. The Morgan fingerprint density at radius 3 is 2.33 bits per heavy atom. The number of carbonyl (C=O) groups excluding carboxylic acids is 4. The molecule has 0 bridgehead atoms. The molecule has 0 saturated carbocycles. The van der Waals surface area contributed by atoms with Crippen LogP contribution in [0.4, 0.5) is 10.6 Å². The molecule has 2 aromatic rings. The zero-order chi connectivity index (χ0) is 29.2. The second-order valence-corrected chi connectivity index (χ2v) is 10.4. The van der Waals surface area contributed by atoms with Crippen LogP contribution < -0.4 is 16.0 Å². The Kier molecular flexibility index (Phi) is 11.0. The first kappa shape index (κ1) is 31.3. The highest BCUT2D eigenvalue weighted by Gasteiger charge is 2.34. The van der Waals surface area contributed by atoms with Crippen LogP contribution >= 0.6 is 0 Å². The van der Waals surface area contributed by atoms with Gasteiger partial charge in [-0.25, -0.2) is 14.6 Å². The van der Waals surface area contributed by atoms with Crippen LogP contribution in [-0.4, -0.2) is 63.8 Å². The van der Waals surface area contributed by atoms with Crippen molar-refractivity contribution in [2.45, 2.75) is 78.3 Å². The van der Waals surface area contributed by atoms with E-state index in [4.69, 9.17) is 14.2 Å². The summed E-state index contributed by atoms with van der Waals surface area (Å²) in [6.07, 6.45) is 2.10. The second kappa shape index (κ2) is 13.7. The van der Waals surface area contributed by atoms with Gasteiger partial charge in [0.25, 0.3) is 5.91 Å². The van der Waals surface area contributed by atoms with Crippen LogP contribution in [0.2, 0.25) is 0 Å². The first-order valence-electron chi connectivity index (χ1n) is 12.7. The van der Waals surface area contributed by atoms with Gasteiger partial charge in [-0.3, -0.25) is 9.59 Å². The number of ether oxygens (including phenoxy) is 3. The van der Waals surface area contributed by atoms with E-state index < -0.39 is 47.1 Å². The fourth-order valence-corrected chi connectivity index (χ4v) is 3.22. The number of nitrogens with one attached hydrogen (secondary N) is 3. The molecule has 12 heteroatoms. The summed E-state index contributed by atoms with van der Waals surface area (Å²) in [5.74, 6) is -1.49. The molecular weight excluding hydrogens is 506 g/mol. The topological polar surface area (TPSA) is 150 Å². The number of benzene rings is 1. The summed E-state index contributed by atoms with van der Waals surface area (Å²) < 4.78 is 17.5. The predicted molar refractivity (Wildman–Crippen MR) is 144 cm³/mol. The van der Waals surface area contributed by atoms with Crippen LogP contribution in [0.1, 0.15) is 60.1 Å². The normalized spacial score (nSPS) is 13.1. The minimum absolute atomic E-state index is 0.158. The molecule has 0 aliphatic carbocycles. The maximum Gasteiger partial charge on any atom is 0.408 e. The minimum Gasteiger partial charge on any atom is -0.464 e. The molecule has 3 amide bonds. The van der Waals surface area contributed by atoms with Crippen LogP contribution in [0.5, 0.6) is 0 Å². The standard InChI is InChI=1S/C27H39N5O7/c1-8-38-23(34)18(2)32-14-21(28-17-32)30-22(33)20(16-37-15-19-12-10-9-11-13-19)29-24(35)27(6,7)31-25(36)39-26(3,4)5/h9-14,17-18,20H,8,15-16H2,1-7H3,(H,29,35)(H,30,33)(H,31,36)/t18?,20-/m1/s1. The maximum absolute atomic E-state index is 13.2. The summed E-state index contributed by atoms with van der Waals surface area (Å²) in [4.78, 5) is 54.7. The van der Waals surface area contributed by atoms with E-state index in [-0.39, 0.29) is 25.6 Å². The van der Waals surface area contributed by atoms with Crippen molar-refractivity contribution in [2.24, 2.45) is 0 Å². The van der Waals surface area contributed by atoms with Crippen LogP contribution in [0.15, 0.2) is 42.9 Å². The largest absolute Gasteiger partial charge is 0.464 e. The van der Waals surface area contributed by atoms with Crippen molar-refractivity contribution in [3.8, 4) is 0 Å². The van der Waals surface area contributed by atoms with E-state index in [1.54, 1.807) is 34.6 Å². The summed E-state index contributed by atoms with van der Waals surface area (Å²) in [5.41, 5.74) is -1.27. The maximum atomic E-state index is 13.2. The number of hydrogen-bond acceptors (Lipinski definition) is 8. The molecule has 2 atom stereocenters. The summed E-state index contributed by atoms with van der Waals surface area (Å²) in [6.45, 7) is 11.8. The van der Waals surface area contributed by atoms with Crippen molar-refractivity contribution in [2.75, 3.05) is 18.5 Å². The minimum atomic E-state index is -1.41. The van der Waals surface area contributed by atoms with Gasteiger partial charge in [0, 0.05) is 6.20 Å². The zero-order valence-electron chi connectivity index (χ0n) is 23.6. The molecule has 1 aromatic carbocycles. The molecule has 0 saturated heterocycles. The second-order valence-electron chi connectivity index (χ2n) is 10.4. The van der Waals surface area contributed by atoms with Gasteiger partial charge in [0.2, 0.25) is 5.91 Å². The molecule has 39 heavy (non-hydrogen) atoms. The number of amides is 3. The molecule has 1 heterocycles. The number of nitrogens with zero attached hydrogens (tertiary/aromatic N) is 2. The molecule has 0 aliphatic rings. The lowest BCUT2D eigenvalue weighted by molar-refractivity contribution is -0.146. The Balaban J connectivity index is 2.12. The van der Waals surface area contributed by atoms with E-state index in [9.17, 15) is 19.2 Å². The predicted octanol–water partition coefficient (Wildman–Crippen LogP) is 2.95. The van der Waals surface area contributed by atoms with Crippen LogP contribution in [0.3, 0.4) is 0 Å². The summed E-state index contributed by atoms with van der Waals surface area (Å²) >= 11 is 0. The molecule has 1 aromatic heterocycles. The summed E-state index contributed by atoms with van der Waals surface area (Å²) in [6, 6.07) is 7.58. The van der Waals surface area contributed by atoms with E-state index in [1.807, 2.05) is 30.3 Å². The number of aromatic nitrogens is 2. The van der Waals surface area contributed by atoms with Gasteiger partial charge in [-0.15, -0.1) is 0 Å². The van der Waals surface area contributed by atoms with Crippen molar-refractivity contribution in [3.63, 3.8) is 0 Å². The number of carbonyl (C=O) groups is 4. The van der Waals surface area contributed by atoms with Gasteiger partial charge in [0.15, 0.2) is 5.82 Å². The molecule has 1 unspecified atom stereocenters. The van der Waals surface area contributed by atoms with E-state index in [2.05, 4.69) is 20.9 Å². The molecular formula is C27H39N5O7.